The van der Waals surface area contributed by atoms with Crippen molar-refractivity contribution in [2.24, 2.45) is 5.92 Å². The molecule has 0 saturated heterocycles. The van der Waals surface area contributed by atoms with E-state index in [1.165, 1.54) is 4.90 Å². The van der Waals surface area contributed by atoms with E-state index < -0.39 is 23.8 Å². The first-order valence-corrected chi connectivity index (χ1v) is 13.1. The predicted molar refractivity (Wildman–Crippen MR) is 151 cm³/mol. The largest absolute Gasteiger partial charge is 0.444 e. The van der Waals surface area contributed by atoms with Crippen molar-refractivity contribution in [1.29, 1.82) is 0 Å². The molecule has 3 amide bonds. The number of aryl methyl sites for hydroxylation is 2. The number of benzene rings is 2. The zero-order valence-corrected chi connectivity index (χ0v) is 23.8. The molecule has 2 rings (SSSR count). The number of carbonyl (C=O) groups excluding carboxylic acids is 3. The van der Waals surface area contributed by atoms with Gasteiger partial charge in [-0.25, -0.2) is 4.79 Å². The van der Waals surface area contributed by atoms with Gasteiger partial charge in [0.25, 0.3) is 0 Å². The summed E-state index contributed by atoms with van der Waals surface area (Å²) in [5.74, 6) is -0.566. The molecule has 2 unspecified atom stereocenters. The quantitative estimate of drug-likeness (QED) is 0.376. The topological polar surface area (TPSA) is 87.7 Å². The molecule has 2 atom stereocenters. The van der Waals surface area contributed by atoms with Crippen LogP contribution < -0.4 is 10.6 Å². The second kappa shape index (κ2) is 13.8. The lowest BCUT2D eigenvalue weighted by atomic mass is 9.93. The summed E-state index contributed by atoms with van der Waals surface area (Å²) >= 11 is 0. The van der Waals surface area contributed by atoms with Gasteiger partial charge >= 0.3 is 6.09 Å². The van der Waals surface area contributed by atoms with Crippen molar-refractivity contribution in [2.75, 3.05) is 6.54 Å². The molecule has 2 N–H and O–H groups in total. The minimum absolute atomic E-state index is 0.107. The molecule has 0 aliphatic rings. The summed E-state index contributed by atoms with van der Waals surface area (Å²) in [6, 6.07) is 13.6. The van der Waals surface area contributed by atoms with E-state index in [-0.39, 0.29) is 24.3 Å². The molecular weight excluding hydrogens is 478 g/mol. The lowest BCUT2D eigenvalue weighted by Gasteiger charge is -2.35. The molecule has 0 saturated carbocycles. The van der Waals surface area contributed by atoms with Gasteiger partial charge in [0.1, 0.15) is 17.7 Å². The molecule has 38 heavy (non-hydrogen) atoms. The van der Waals surface area contributed by atoms with Crippen LogP contribution in [0.3, 0.4) is 0 Å². The van der Waals surface area contributed by atoms with E-state index in [1.807, 2.05) is 76.2 Å². The van der Waals surface area contributed by atoms with Crippen LogP contribution in [0.25, 0.3) is 0 Å². The number of alkyl carbamates (subject to hydrolysis) is 1. The Labute approximate surface area is 227 Å². The Morgan fingerprint density at radius 2 is 1.61 bits per heavy atom. The van der Waals surface area contributed by atoms with Gasteiger partial charge in [-0.05, 0) is 69.2 Å². The molecule has 2 aromatic rings. The summed E-state index contributed by atoms with van der Waals surface area (Å²) in [5.41, 5.74) is 2.79. The Bertz CT molecular complexity index is 1090. The van der Waals surface area contributed by atoms with Gasteiger partial charge in [-0.2, -0.15) is 0 Å². The predicted octanol–water partition coefficient (Wildman–Crippen LogP) is 5.61. The number of carbonyl (C=O) groups is 3. The lowest BCUT2D eigenvalue weighted by Crippen LogP contribution is -2.53. The van der Waals surface area contributed by atoms with Crippen molar-refractivity contribution in [2.45, 2.75) is 79.1 Å². The number of nitrogens with one attached hydrogen (secondary N) is 2. The monoisotopic (exact) mass is 521 g/mol. The van der Waals surface area contributed by atoms with Crippen LogP contribution >= 0.6 is 0 Å². The van der Waals surface area contributed by atoms with Gasteiger partial charge in [-0.3, -0.25) is 9.59 Å². The standard InChI is InChI=1S/C31H43N3O4/c1-9-18-34(29(36)25(19-21(2)3)33-30(37)38-31(6,7)8)27(26-22(4)14-13-15-23(26)5)28(35)32-20-24-16-11-10-12-17-24/h9-17,21,25,27H,1,18-20H2,2-8H3,(H,32,35)(H,33,37). The summed E-state index contributed by atoms with van der Waals surface area (Å²) in [5, 5.41) is 5.78. The number of rotatable bonds is 11. The third kappa shape index (κ3) is 9.05. The van der Waals surface area contributed by atoms with Gasteiger partial charge in [0.15, 0.2) is 0 Å². The molecule has 0 aromatic heterocycles. The first-order chi connectivity index (χ1) is 17.8. The van der Waals surface area contributed by atoms with Crippen LogP contribution in [0.15, 0.2) is 61.2 Å². The maximum atomic E-state index is 14.1. The Hall–Kier alpha value is -3.61. The fraction of sp³-hybridized carbons (Fsp3) is 0.452. The molecule has 2 aromatic carbocycles. The molecule has 0 radical (unpaired) electrons. The van der Waals surface area contributed by atoms with Crippen LogP contribution in [-0.4, -0.2) is 41.0 Å². The van der Waals surface area contributed by atoms with E-state index >= 15 is 0 Å². The summed E-state index contributed by atoms with van der Waals surface area (Å²) in [7, 11) is 0. The fourth-order valence-electron chi connectivity index (χ4n) is 4.37. The third-order valence-corrected chi connectivity index (χ3v) is 5.99. The van der Waals surface area contributed by atoms with Gasteiger partial charge in [0.05, 0.1) is 0 Å². The van der Waals surface area contributed by atoms with E-state index in [2.05, 4.69) is 17.2 Å². The first-order valence-electron chi connectivity index (χ1n) is 13.1. The van der Waals surface area contributed by atoms with E-state index in [1.54, 1.807) is 26.8 Å². The Morgan fingerprint density at radius 1 is 1.00 bits per heavy atom. The number of amides is 3. The van der Waals surface area contributed by atoms with Gasteiger partial charge in [0, 0.05) is 13.1 Å². The second-order valence-electron chi connectivity index (χ2n) is 11.0. The van der Waals surface area contributed by atoms with Crippen molar-refractivity contribution < 1.29 is 19.1 Å². The number of nitrogens with zero attached hydrogens (tertiary/aromatic N) is 1. The molecule has 7 heteroatoms. The van der Waals surface area contributed by atoms with Crippen molar-refractivity contribution in [3.05, 3.63) is 83.4 Å². The smallest absolute Gasteiger partial charge is 0.408 e. The van der Waals surface area contributed by atoms with E-state index in [0.717, 1.165) is 22.3 Å². The van der Waals surface area contributed by atoms with E-state index in [9.17, 15) is 14.4 Å². The summed E-state index contributed by atoms with van der Waals surface area (Å²) in [6.07, 6.45) is 1.31. The molecule has 0 aliphatic carbocycles. The SMILES string of the molecule is C=CCN(C(=O)C(CC(C)C)NC(=O)OC(C)(C)C)C(C(=O)NCc1ccccc1)c1c(C)cccc1C. The zero-order valence-electron chi connectivity index (χ0n) is 23.8. The van der Waals surface area contributed by atoms with Gasteiger partial charge in [-0.1, -0.05) is 68.5 Å². The molecule has 0 fully saturated rings. The molecule has 0 aliphatic heterocycles. The van der Waals surface area contributed by atoms with Crippen LogP contribution in [0.1, 0.15) is 69.3 Å². The van der Waals surface area contributed by atoms with Crippen LogP contribution in [0.5, 0.6) is 0 Å². The van der Waals surface area contributed by atoms with Gasteiger partial charge < -0.3 is 20.3 Å². The van der Waals surface area contributed by atoms with E-state index in [0.29, 0.717) is 13.0 Å². The molecule has 0 heterocycles. The molecule has 206 valence electrons. The maximum Gasteiger partial charge on any atom is 0.408 e. The third-order valence-electron chi connectivity index (χ3n) is 5.99. The van der Waals surface area contributed by atoms with Crippen LogP contribution in [-0.2, 0) is 20.9 Å². The van der Waals surface area contributed by atoms with Crippen molar-refractivity contribution in [1.82, 2.24) is 15.5 Å². The highest BCUT2D eigenvalue weighted by Gasteiger charge is 2.37. The van der Waals surface area contributed by atoms with Gasteiger partial charge in [0.2, 0.25) is 11.8 Å². The highest BCUT2D eigenvalue weighted by Crippen LogP contribution is 2.29. The molecule has 7 nitrogen and oxygen atoms in total. The molecular formula is C31H43N3O4. The van der Waals surface area contributed by atoms with Gasteiger partial charge in [-0.15, -0.1) is 6.58 Å². The van der Waals surface area contributed by atoms with E-state index in [4.69, 9.17) is 4.74 Å². The first kappa shape index (κ1) is 30.6. The van der Waals surface area contributed by atoms with Crippen molar-refractivity contribution >= 4 is 17.9 Å². The minimum atomic E-state index is -0.916. The van der Waals surface area contributed by atoms with Crippen molar-refractivity contribution in [3.8, 4) is 0 Å². The maximum absolute atomic E-state index is 14.1. The Balaban J connectivity index is 2.50. The lowest BCUT2D eigenvalue weighted by molar-refractivity contribution is -0.142. The zero-order chi connectivity index (χ0) is 28.5. The van der Waals surface area contributed by atoms with Crippen molar-refractivity contribution in [3.63, 3.8) is 0 Å². The normalized spacial score (nSPS) is 12.8. The number of hydrogen-bond acceptors (Lipinski definition) is 4. The average Bonchev–Trinajstić information content (AvgIpc) is 2.82. The average molecular weight is 522 g/mol. The highest BCUT2D eigenvalue weighted by molar-refractivity contribution is 5.92. The summed E-state index contributed by atoms with van der Waals surface area (Å²) in [6.45, 7) is 17.4. The minimum Gasteiger partial charge on any atom is -0.444 e. The molecule has 0 bridgehead atoms. The number of hydrogen-bond donors (Lipinski definition) is 2. The summed E-state index contributed by atoms with van der Waals surface area (Å²) in [4.78, 5) is 42.1. The highest BCUT2D eigenvalue weighted by atomic mass is 16.6. The Kier molecular flexibility index (Phi) is 11.1. The molecule has 0 spiro atoms. The fourth-order valence-corrected chi connectivity index (χ4v) is 4.37. The second-order valence-corrected chi connectivity index (χ2v) is 11.0. The number of ether oxygens (including phenoxy) is 1. The van der Waals surface area contributed by atoms with Crippen LogP contribution in [0.4, 0.5) is 4.79 Å². The summed E-state index contributed by atoms with van der Waals surface area (Å²) < 4.78 is 5.44. The van der Waals surface area contributed by atoms with Crippen LogP contribution in [0.2, 0.25) is 0 Å². The Morgan fingerprint density at radius 3 is 2.13 bits per heavy atom. The van der Waals surface area contributed by atoms with Crippen LogP contribution in [0, 0.1) is 19.8 Å².